The minimum Gasteiger partial charge on any atom is -0.466 e. The van der Waals surface area contributed by atoms with E-state index in [4.69, 9.17) is 11.8 Å². The summed E-state index contributed by atoms with van der Waals surface area (Å²) in [6, 6.07) is 0. The molecule has 0 aliphatic rings. The monoisotopic (exact) mass is 422 g/mol. The van der Waals surface area contributed by atoms with Gasteiger partial charge in [-0.15, -0.1) is 0 Å². The number of halogens is 1. The lowest BCUT2D eigenvalue weighted by atomic mass is 10.4. The highest BCUT2D eigenvalue weighted by atomic mass is 35.5. The van der Waals surface area contributed by atoms with E-state index in [-0.39, 0.29) is 17.9 Å². The Bertz CT molecular complexity index is 487. The van der Waals surface area contributed by atoms with Gasteiger partial charge in [0, 0.05) is 16.7 Å². The maximum Gasteiger partial charge on any atom is 0.333 e. The second kappa shape index (κ2) is 19.6. The van der Waals surface area contributed by atoms with Crippen LogP contribution in [-0.4, -0.2) is 63.4 Å². The number of nitrogens with zero attached hydrogens (tertiary/aromatic N) is 1. The van der Waals surface area contributed by atoms with E-state index >= 15 is 0 Å². The molecule has 0 saturated carbocycles. The number of hydrogen-bond acceptors (Lipinski definition) is 6. The van der Waals surface area contributed by atoms with Crippen LogP contribution in [0.2, 0.25) is 0 Å². The summed E-state index contributed by atoms with van der Waals surface area (Å²) in [6.45, 7) is 19.4. The summed E-state index contributed by atoms with van der Waals surface area (Å²) < 4.78 is 13.9. The number of carbonyl (C=O) groups excluding carboxylic acids is 3. The summed E-state index contributed by atoms with van der Waals surface area (Å²) in [5, 5.41) is 0. The fourth-order valence-corrected chi connectivity index (χ4v) is 0.683. The van der Waals surface area contributed by atoms with E-state index in [0.29, 0.717) is 33.9 Å². The van der Waals surface area contributed by atoms with Gasteiger partial charge in [0.15, 0.2) is 11.8 Å². The van der Waals surface area contributed by atoms with E-state index < -0.39 is 0 Å². The van der Waals surface area contributed by atoms with Crippen molar-refractivity contribution in [1.82, 2.24) is 0 Å². The molecule has 8 heteroatoms. The van der Waals surface area contributed by atoms with Crippen molar-refractivity contribution >= 4 is 29.7 Å². The number of ether oxygens (including phenoxy) is 3. The average molecular weight is 423 g/mol. The number of rotatable bonds is 5. The molecule has 0 N–H and O–H groups in total. The molecule has 0 heterocycles. The second-order valence-corrected chi connectivity index (χ2v) is 7.14. The summed E-state index contributed by atoms with van der Waals surface area (Å²) in [6.07, 6.45) is 0. The predicted molar refractivity (Wildman–Crippen MR) is 114 cm³/mol. The minimum atomic E-state index is -0.347. The van der Waals surface area contributed by atoms with E-state index in [9.17, 15) is 14.4 Å². The molecular formula is C20H37ClNO6+. The van der Waals surface area contributed by atoms with Gasteiger partial charge in [-0.05, 0) is 34.6 Å². The van der Waals surface area contributed by atoms with Gasteiger partial charge in [0.2, 0.25) is 0 Å². The molecule has 7 nitrogen and oxygen atoms in total. The highest BCUT2D eigenvalue weighted by Gasteiger charge is 1.99. The summed E-state index contributed by atoms with van der Waals surface area (Å²) >= 11 is 5.47. The molecule has 0 aliphatic carbocycles. The second-order valence-electron chi connectivity index (χ2n) is 6.12. The molecule has 0 bridgehead atoms. The Hall–Kier alpha value is -2.12. The first-order valence-corrected chi connectivity index (χ1v) is 8.78. The van der Waals surface area contributed by atoms with Crippen molar-refractivity contribution in [3.8, 4) is 0 Å². The molecule has 0 aliphatic heterocycles. The number of esters is 3. The molecule has 0 amide bonds. The maximum absolute atomic E-state index is 10.4. The molecule has 0 rings (SSSR count). The van der Waals surface area contributed by atoms with Gasteiger partial charge in [-0.3, -0.25) is 0 Å². The lowest BCUT2D eigenvalue weighted by Gasteiger charge is -2.07. The van der Waals surface area contributed by atoms with E-state index in [1.54, 1.807) is 34.6 Å². The number of quaternary nitrogens is 1. The van der Waals surface area contributed by atoms with Crippen molar-refractivity contribution in [2.24, 2.45) is 0 Å². The zero-order valence-corrected chi connectivity index (χ0v) is 19.6. The van der Waals surface area contributed by atoms with Crippen LogP contribution in [0.4, 0.5) is 0 Å². The lowest BCUT2D eigenvalue weighted by molar-refractivity contribution is -0.747. The topological polar surface area (TPSA) is 78.9 Å². The smallest absolute Gasteiger partial charge is 0.333 e. The molecule has 0 spiro atoms. The third-order valence-electron chi connectivity index (χ3n) is 1.78. The van der Waals surface area contributed by atoms with Crippen LogP contribution in [0, 0.1) is 0 Å². The number of carbonyl (C=O) groups is 3. The molecule has 28 heavy (non-hydrogen) atoms. The Balaban J connectivity index is -0.000000139. The van der Waals surface area contributed by atoms with Gasteiger partial charge in [0.1, 0.15) is 0 Å². The van der Waals surface area contributed by atoms with Gasteiger partial charge in [0.05, 0.1) is 41.5 Å². The Kier molecular flexibility index (Phi) is 23.5. The van der Waals surface area contributed by atoms with E-state index in [1.165, 1.54) is 7.11 Å². The predicted octanol–water partition coefficient (Wildman–Crippen LogP) is 3.83. The van der Waals surface area contributed by atoms with Crippen LogP contribution in [-0.2, 0) is 28.6 Å². The average Bonchev–Trinajstić information content (AvgIpc) is 2.53. The SMILES string of the molecule is C=C(C)C(=O)OC.C=C(C)C(=O)OCC.C=C(C)C(=O)OCC.C[N+](C)(C)Cl. The molecule has 164 valence electrons. The Morgan fingerprint density at radius 3 is 1.00 bits per heavy atom. The molecule has 0 atom stereocenters. The van der Waals surface area contributed by atoms with Crippen molar-refractivity contribution in [2.45, 2.75) is 34.6 Å². The van der Waals surface area contributed by atoms with Crippen LogP contribution in [0.15, 0.2) is 36.5 Å². The Morgan fingerprint density at radius 1 is 0.750 bits per heavy atom. The molecule has 0 aromatic rings. The van der Waals surface area contributed by atoms with Gasteiger partial charge in [-0.1, -0.05) is 19.7 Å². The molecule has 0 unspecified atom stereocenters. The maximum atomic E-state index is 10.4. The van der Waals surface area contributed by atoms with Crippen LogP contribution < -0.4 is 0 Å². The van der Waals surface area contributed by atoms with Crippen LogP contribution in [0.1, 0.15) is 34.6 Å². The van der Waals surface area contributed by atoms with E-state index in [1.807, 2.05) is 21.1 Å². The summed E-state index contributed by atoms with van der Waals surface area (Å²) in [4.78, 5) is 31.0. The Labute approximate surface area is 175 Å². The molecule has 0 aromatic heterocycles. The molecular weight excluding hydrogens is 386 g/mol. The van der Waals surface area contributed by atoms with Crippen molar-refractivity contribution in [3.05, 3.63) is 36.5 Å². The van der Waals surface area contributed by atoms with Gasteiger partial charge in [-0.2, -0.15) is 0 Å². The van der Waals surface area contributed by atoms with Gasteiger partial charge in [-0.25, -0.2) is 18.4 Å². The number of hydrogen-bond donors (Lipinski definition) is 0. The number of methoxy groups -OCH3 is 1. The van der Waals surface area contributed by atoms with Crippen molar-refractivity contribution in [1.29, 1.82) is 0 Å². The van der Waals surface area contributed by atoms with Crippen LogP contribution in [0.25, 0.3) is 0 Å². The van der Waals surface area contributed by atoms with Crippen LogP contribution in [0.3, 0.4) is 0 Å². The largest absolute Gasteiger partial charge is 0.466 e. The first kappa shape index (κ1) is 33.5. The normalized spacial score (nSPS) is 8.79. The molecule has 0 radical (unpaired) electrons. The third kappa shape index (κ3) is 39.1. The van der Waals surface area contributed by atoms with Crippen molar-refractivity contribution in [3.63, 3.8) is 0 Å². The molecule has 0 saturated heterocycles. The molecule has 0 aromatic carbocycles. The minimum absolute atomic E-state index is 0.312. The first-order valence-electron chi connectivity index (χ1n) is 8.45. The standard InChI is InChI=1S/2C6H10O2.C5H8O2.C3H9ClN/c2*1-4-8-6(7)5(2)3;1-4(2)5(6)7-3;1-5(2,3)4/h2*2,4H2,1,3H3;1H2,2-3H3;1-3H3/q;;;+1. The first-order chi connectivity index (χ1) is 12.5. The zero-order valence-electron chi connectivity index (χ0n) is 18.8. The van der Waals surface area contributed by atoms with Gasteiger partial charge in [0.25, 0.3) is 0 Å². The van der Waals surface area contributed by atoms with E-state index in [0.717, 1.165) is 0 Å². The third-order valence-corrected chi connectivity index (χ3v) is 1.78. The van der Waals surface area contributed by atoms with Crippen LogP contribution in [0.5, 0.6) is 0 Å². The summed E-state index contributed by atoms with van der Waals surface area (Å²) in [5.41, 5.74) is 1.33. The quantitative estimate of drug-likeness (QED) is 0.290. The highest BCUT2D eigenvalue weighted by molar-refractivity contribution is 6.06. The summed E-state index contributed by atoms with van der Waals surface area (Å²) in [7, 11) is 7.00. The van der Waals surface area contributed by atoms with Crippen molar-refractivity contribution in [2.75, 3.05) is 41.5 Å². The Morgan fingerprint density at radius 2 is 0.964 bits per heavy atom. The summed E-state index contributed by atoms with van der Waals surface area (Å²) in [5.74, 6) is -0.972. The highest BCUT2D eigenvalue weighted by Crippen LogP contribution is 1.91. The van der Waals surface area contributed by atoms with Crippen LogP contribution >= 0.6 is 11.8 Å². The zero-order chi connectivity index (χ0) is 23.5. The van der Waals surface area contributed by atoms with Gasteiger partial charge >= 0.3 is 17.9 Å². The van der Waals surface area contributed by atoms with Gasteiger partial charge < -0.3 is 14.2 Å². The lowest BCUT2D eigenvalue weighted by Crippen LogP contribution is -2.19. The van der Waals surface area contributed by atoms with E-state index in [2.05, 4.69) is 33.9 Å². The fraction of sp³-hybridized carbons (Fsp3) is 0.550. The fourth-order valence-electron chi connectivity index (χ4n) is 0.683. The van der Waals surface area contributed by atoms with Crippen molar-refractivity contribution < 1.29 is 32.6 Å². The molecule has 0 fully saturated rings.